The molecule has 0 bridgehead atoms. The number of fused-ring (bicyclic) bond motifs is 1. The second-order valence-electron chi connectivity index (χ2n) is 11.7. The van der Waals surface area contributed by atoms with Gasteiger partial charge in [-0.2, -0.15) is 13.1 Å². The van der Waals surface area contributed by atoms with Crippen LogP contribution in [0.5, 0.6) is 11.5 Å². The molecule has 1 saturated heterocycles. The van der Waals surface area contributed by atoms with E-state index in [0.29, 0.717) is 49.5 Å². The predicted molar refractivity (Wildman–Crippen MR) is 205 cm³/mol. The standard InChI is InChI=1S/C37H29Cl2N5O6S2/c1-50-24-15-18-27(32(45)20-24)37-43(34(46)21-51-37)23-13-16-25(17-14-23)52(48,49)42-44-33(40-31-12-5-3-8-26(31)36(44)47)19-22-7-2-4-11-30(22)41-35-28(38)9-6-10-29(35)39/h2-18,20,37,41-42,45H,19,21H2,1H3. The number of carbonyl (C=O) groups is 1. The SMILES string of the molecule is COc1ccc(C2SCC(=O)N2c2ccc(S(=O)(=O)Nn3c(Cc4ccccc4Nc4c(Cl)cccc4Cl)nc4ccccc4c3=O)cc2)c(O)c1. The van der Waals surface area contributed by atoms with Crippen LogP contribution in [0.4, 0.5) is 17.1 Å². The number of amides is 1. The van der Waals surface area contributed by atoms with E-state index in [9.17, 15) is 23.1 Å². The van der Waals surface area contributed by atoms with Crippen molar-refractivity contribution >= 4 is 78.9 Å². The molecule has 1 aliphatic rings. The number of hydrogen-bond donors (Lipinski definition) is 3. The first-order valence-electron chi connectivity index (χ1n) is 15.8. The Morgan fingerprint density at radius 3 is 2.37 bits per heavy atom. The molecule has 1 aliphatic heterocycles. The number of nitrogens with one attached hydrogen (secondary N) is 2. The lowest BCUT2D eigenvalue weighted by Crippen LogP contribution is -2.36. The number of hydrogen-bond acceptors (Lipinski definition) is 9. The molecule has 0 radical (unpaired) electrons. The van der Waals surface area contributed by atoms with E-state index in [-0.39, 0.29) is 39.9 Å². The third-order valence-corrected chi connectivity index (χ3v) is 11.6. The predicted octanol–water partition coefficient (Wildman–Crippen LogP) is 7.46. The fourth-order valence-corrected chi connectivity index (χ4v) is 8.59. The van der Waals surface area contributed by atoms with Gasteiger partial charge in [-0.05, 0) is 72.3 Å². The Morgan fingerprint density at radius 2 is 1.63 bits per heavy atom. The quantitative estimate of drug-likeness (QED) is 0.129. The van der Waals surface area contributed by atoms with Crippen molar-refractivity contribution in [1.82, 2.24) is 9.66 Å². The molecule has 0 spiro atoms. The van der Waals surface area contributed by atoms with Crippen molar-refractivity contribution in [2.24, 2.45) is 0 Å². The highest BCUT2D eigenvalue weighted by atomic mass is 35.5. The van der Waals surface area contributed by atoms with Gasteiger partial charge in [-0.15, -0.1) is 11.8 Å². The Kier molecular flexibility index (Phi) is 9.77. The van der Waals surface area contributed by atoms with Gasteiger partial charge in [0, 0.05) is 29.4 Å². The number of thioether (sulfide) groups is 1. The molecule has 0 saturated carbocycles. The summed E-state index contributed by atoms with van der Waals surface area (Å²) in [7, 11) is -2.87. The van der Waals surface area contributed by atoms with Crippen molar-refractivity contribution in [2.75, 3.05) is 27.9 Å². The molecule has 6 aromatic rings. The first-order chi connectivity index (χ1) is 25.0. The molecule has 52 heavy (non-hydrogen) atoms. The molecule has 15 heteroatoms. The maximum absolute atomic E-state index is 13.9. The number of rotatable bonds is 10. The maximum atomic E-state index is 13.9. The van der Waals surface area contributed by atoms with Gasteiger partial charge in [-0.3, -0.25) is 14.5 Å². The highest BCUT2D eigenvalue weighted by Gasteiger charge is 2.36. The third-order valence-electron chi connectivity index (χ3n) is 8.44. The lowest BCUT2D eigenvalue weighted by molar-refractivity contribution is -0.115. The number of sulfonamides is 1. The number of halogens is 2. The van der Waals surface area contributed by atoms with E-state index in [1.165, 1.54) is 54.1 Å². The summed E-state index contributed by atoms with van der Waals surface area (Å²) in [6, 6.07) is 29.7. The average molecular weight is 775 g/mol. The zero-order chi connectivity index (χ0) is 36.6. The highest BCUT2D eigenvalue weighted by molar-refractivity contribution is 8.00. The second kappa shape index (κ2) is 14.4. The van der Waals surface area contributed by atoms with Crippen molar-refractivity contribution in [3.05, 3.63) is 147 Å². The van der Waals surface area contributed by atoms with Crippen molar-refractivity contribution in [3.8, 4) is 11.5 Å². The number of aromatic nitrogens is 2. The molecule has 1 atom stereocenters. The zero-order valence-electron chi connectivity index (χ0n) is 27.3. The molecule has 3 N–H and O–H groups in total. The van der Waals surface area contributed by atoms with Crippen LogP contribution in [-0.2, 0) is 21.2 Å². The Morgan fingerprint density at radius 1 is 0.923 bits per heavy atom. The minimum absolute atomic E-state index is 0.0312. The van der Waals surface area contributed by atoms with Gasteiger partial charge in [-0.1, -0.05) is 59.6 Å². The van der Waals surface area contributed by atoms with Crippen LogP contribution < -0.4 is 25.3 Å². The molecule has 0 aliphatic carbocycles. The fraction of sp³-hybridized carbons (Fsp3) is 0.108. The summed E-state index contributed by atoms with van der Waals surface area (Å²) < 4.78 is 33.9. The summed E-state index contributed by atoms with van der Waals surface area (Å²) in [4.78, 5) is 35.4. The molecule has 264 valence electrons. The Hall–Kier alpha value is -5.21. The third kappa shape index (κ3) is 6.87. The fourth-order valence-electron chi connectivity index (χ4n) is 5.86. The van der Waals surface area contributed by atoms with E-state index >= 15 is 0 Å². The molecule has 1 amide bonds. The number of methoxy groups -OCH3 is 1. The van der Waals surface area contributed by atoms with Gasteiger partial charge in [-0.25, -0.2) is 9.82 Å². The van der Waals surface area contributed by atoms with Crippen LogP contribution in [0.1, 0.15) is 22.3 Å². The topological polar surface area (TPSA) is 143 Å². The summed E-state index contributed by atoms with van der Waals surface area (Å²) in [5, 5.41) is 14.4. The van der Waals surface area contributed by atoms with Gasteiger partial charge in [0.25, 0.3) is 15.6 Å². The summed E-state index contributed by atoms with van der Waals surface area (Å²) >= 11 is 14.2. The van der Waals surface area contributed by atoms with Crippen LogP contribution >= 0.6 is 35.0 Å². The monoisotopic (exact) mass is 773 g/mol. The minimum Gasteiger partial charge on any atom is -0.507 e. The molecule has 1 unspecified atom stereocenters. The molecular formula is C37H29Cl2N5O6S2. The summed E-state index contributed by atoms with van der Waals surface area (Å²) in [5.41, 5.74) is 2.53. The normalized spacial score (nSPS) is 14.5. The van der Waals surface area contributed by atoms with Crippen LogP contribution in [-0.4, -0.2) is 42.0 Å². The van der Waals surface area contributed by atoms with E-state index in [2.05, 4.69) is 10.1 Å². The maximum Gasteiger partial charge on any atom is 0.280 e. The minimum atomic E-state index is -4.36. The molecule has 5 aromatic carbocycles. The van der Waals surface area contributed by atoms with Crippen LogP contribution in [0.2, 0.25) is 10.0 Å². The number of benzene rings is 5. The smallest absolute Gasteiger partial charge is 0.280 e. The van der Waals surface area contributed by atoms with Crippen molar-refractivity contribution in [2.45, 2.75) is 16.7 Å². The van der Waals surface area contributed by atoms with E-state index in [4.69, 9.17) is 32.9 Å². The number of nitrogens with zero attached hydrogens (tertiary/aromatic N) is 3. The number of phenolic OH excluding ortho intramolecular Hbond substituents is 1. The van der Waals surface area contributed by atoms with E-state index in [0.717, 1.165) is 4.68 Å². The molecule has 2 heterocycles. The van der Waals surface area contributed by atoms with Gasteiger partial charge in [0.05, 0.1) is 44.4 Å². The van der Waals surface area contributed by atoms with Crippen molar-refractivity contribution in [3.63, 3.8) is 0 Å². The molecule has 1 aromatic heterocycles. The first kappa shape index (κ1) is 35.2. The average Bonchev–Trinajstić information content (AvgIpc) is 3.52. The van der Waals surface area contributed by atoms with Gasteiger partial charge in [0.2, 0.25) is 5.91 Å². The number of para-hydroxylation sites is 3. The Balaban J connectivity index is 1.21. The lowest BCUT2D eigenvalue weighted by atomic mass is 10.1. The zero-order valence-corrected chi connectivity index (χ0v) is 30.4. The second-order valence-corrected chi connectivity index (χ2v) is 15.2. The van der Waals surface area contributed by atoms with Crippen LogP contribution in [0, 0.1) is 0 Å². The first-order valence-corrected chi connectivity index (χ1v) is 19.1. The largest absolute Gasteiger partial charge is 0.507 e. The van der Waals surface area contributed by atoms with Crippen LogP contribution in [0.15, 0.2) is 119 Å². The Bertz CT molecular complexity index is 2490. The number of carbonyl (C=O) groups excluding carboxylic acids is 1. The molecule has 1 fully saturated rings. The lowest BCUT2D eigenvalue weighted by Gasteiger charge is -2.25. The van der Waals surface area contributed by atoms with E-state index < -0.39 is 21.0 Å². The van der Waals surface area contributed by atoms with E-state index in [1.807, 2.05) is 24.3 Å². The van der Waals surface area contributed by atoms with Gasteiger partial charge < -0.3 is 15.2 Å². The molecule has 7 rings (SSSR count). The molecule has 11 nitrogen and oxygen atoms in total. The van der Waals surface area contributed by atoms with Crippen LogP contribution in [0.3, 0.4) is 0 Å². The number of phenols is 1. The van der Waals surface area contributed by atoms with Crippen molar-refractivity contribution in [1.29, 1.82) is 0 Å². The number of anilines is 3. The highest BCUT2D eigenvalue weighted by Crippen LogP contribution is 2.45. The van der Waals surface area contributed by atoms with E-state index in [1.54, 1.807) is 54.6 Å². The van der Waals surface area contributed by atoms with Gasteiger partial charge >= 0.3 is 0 Å². The summed E-state index contributed by atoms with van der Waals surface area (Å²) in [6.45, 7) is 0. The van der Waals surface area contributed by atoms with Gasteiger partial charge in [0.1, 0.15) is 22.7 Å². The number of ether oxygens (including phenoxy) is 1. The number of aromatic hydroxyl groups is 1. The van der Waals surface area contributed by atoms with Crippen LogP contribution in [0.25, 0.3) is 10.9 Å². The summed E-state index contributed by atoms with van der Waals surface area (Å²) in [6.07, 6.45) is 0.0428. The summed E-state index contributed by atoms with van der Waals surface area (Å²) in [5.74, 6) is 0.532. The Labute approximate surface area is 312 Å². The van der Waals surface area contributed by atoms with Crippen molar-refractivity contribution < 1.29 is 23.1 Å². The van der Waals surface area contributed by atoms with Gasteiger partial charge in [0.15, 0.2) is 0 Å². The molecular weight excluding hydrogens is 745 g/mol.